The van der Waals surface area contributed by atoms with Crippen LogP contribution >= 0.6 is 0 Å². The zero-order valence-corrected chi connectivity index (χ0v) is 13.5. The van der Waals surface area contributed by atoms with Gasteiger partial charge in [-0.15, -0.1) is 0 Å². The molecule has 22 heavy (non-hydrogen) atoms. The van der Waals surface area contributed by atoms with Crippen molar-refractivity contribution in [3.63, 3.8) is 0 Å². The van der Waals surface area contributed by atoms with Crippen LogP contribution in [0.3, 0.4) is 0 Å². The normalized spacial score (nSPS) is 10.0. The van der Waals surface area contributed by atoms with E-state index in [9.17, 15) is 4.79 Å². The van der Waals surface area contributed by atoms with Crippen molar-refractivity contribution >= 4 is 35.5 Å². The van der Waals surface area contributed by atoms with Crippen molar-refractivity contribution in [2.75, 3.05) is 6.61 Å². The molecule has 120 valence electrons. The first-order chi connectivity index (χ1) is 10.3. The number of benzene rings is 1. The molecule has 0 amide bonds. The van der Waals surface area contributed by atoms with Crippen molar-refractivity contribution in [2.45, 2.75) is 71.1 Å². The molecule has 0 saturated heterocycles. The minimum absolute atomic E-state index is 0. The van der Waals surface area contributed by atoms with Crippen molar-refractivity contribution in [2.24, 2.45) is 0 Å². The monoisotopic (exact) mass is 314 g/mol. The van der Waals surface area contributed by atoms with Crippen LogP contribution in [0.1, 0.15) is 81.5 Å². The Bertz CT molecular complexity index is 365. The summed E-state index contributed by atoms with van der Waals surface area (Å²) in [6.45, 7) is 2.80. The average molecular weight is 314 g/mol. The quantitative estimate of drug-likeness (QED) is 0.304. The Hall–Kier alpha value is -0.310. The van der Waals surface area contributed by atoms with E-state index in [1.807, 2.05) is 18.2 Å². The van der Waals surface area contributed by atoms with Crippen molar-refractivity contribution in [3.05, 3.63) is 35.9 Å². The van der Waals surface area contributed by atoms with Gasteiger partial charge in [0.15, 0.2) is 0 Å². The maximum absolute atomic E-state index is 11.7. The Morgan fingerprint density at radius 2 is 1.32 bits per heavy atom. The third-order valence-electron chi connectivity index (χ3n) is 3.74. The van der Waals surface area contributed by atoms with Crippen LogP contribution in [0.15, 0.2) is 30.3 Å². The topological polar surface area (TPSA) is 26.3 Å². The summed E-state index contributed by atoms with van der Waals surface area (Å²) in [5.41, 5.74) is 0.643. The van der Waals surface area contributed by atoms with Crippen molar-refractivity contribution < 1.29 is 9.53 Å². The van der Waals surface area contributed by atoms with Gasteiger partial charge in [-0.25, -0.2) is 4.79 Å². The van der Waals surface area contributed by atoms with Crippen LogP contribution in [-0.2, 0) is 4.74 Å². The number of hydrogen-bond donors (Lipinski definition) is 0. The Morgan fingerprint density at radius 3 is 1.86 bits per heavy atom. The number of carbonyl (C=O) groups excluding carboxylic acids is 1. The van der Waals surface area contributed by atoms with Gasteiger partial charge in [0, 0.05) is 0 Å². The van der Waals surface area contributed by atoms with E-state index in [0.717, 1.165) is 12.8 Å². The van der Waals surface area contributed by atoms with E-state index in [4.69, 9.17) is 4.74 Å². The number of unbranched alkanes of at least 4 members (excludes halogenated alkanes) is 9. The summed E-state index contributed by atoms with van der Waals surface area (Å²) in [5.74, 6) is -0.202. The molecule has 0 atom stereocenters. The van der Waals surface area contributed by atoms with Crippen molar-refractivity contribution in [1.29, 1.82) is 0 Å². The molecule has 0 aromatic heterocycles. The van der Waals surface area contributed by atoms with Crippen molar-refractivity contribution in [3.8, 4) is 0 Å². The number of rotatable bonds is 12. The molecule has 0 radical (unpaired) electrons. The molecule has 0 bridgehead atoms. The minimum atomic E-state index is -0.202. The molecule has 0 fully saturated rings. The van der Waals surface area contributed by atoms with Crippen LogP contribution in [0.25, 0.3) is 0 Å². The van der Waals surface area contributed by atoms with E-state index in [2.05, 4.69) is 6.92 Å². The first-order valence-electron chi connectivity index (χ1n) is 8.56. The predicted molar refractivity (Wildman–Crippen MR) is 95.7 cm³/mol. The van der Waals surface area contributed by atoms with Crippen LogP contribution in [0.4, 0.5) is 0 Å². The van der Waals surface area contributed by atoms with E-state index < -0.39 is 0 Å². The summed E-state index contributed by atoms with van der Waals surface area (Å²) < 4.78 is 5.26. The fraction of sp³-hybridized carbons (Fsp3) is 0.632. The summed E-state index contributed by atoms with van der Waals surface area (Å²) in [6, 6.07) is 9.20. The van der Waals surface area contributed by atoms with Gasteiger partial charge in [0.1, 0.15) is 0 Å². The van der Waals surface area contributed by atoms with Gasteiger partial charge in [-0.1, -0.05) is 82.9 Å². The molecule has 1 aromatic carbocycles. The van der Waals surface area contributed by atoms with E-state index >= 15 is 0 Å². The van der Waals surface area contributed by atoms with Gasteiger partial charge < -0.3 is 4.74 Å². The summed E-state index contributed by atoms with van der Waals surface area (Å²) in [7, 11) is 0. The fourth-order valence-corrected chi connectivity index (χ4v) is 2.41. The van der Waals surface area contributed by atoms with E-state index in [-0.39, 0.29) is 35.5 Å². The van der Waals surface area contributed by atoms with E-state index in [1.54, 1.807) is 12.1 Å². The maximum atomic E-state index is 11.7. The number of esters is 1. The van der Waals surface area contributed by atoms with E-state index in [0.29, 0.717) is 12.2 Å². The molecule has 0 aliphatic heterocycles. The van der Waals surface area contributed by atoms with Crippen molar-refractivity contribution in [1.82, 2.24) is 0 Å². The van der Waals surface area contributed by atoms with Crippen LogP contribution in [-0.4, -0.2) is 42.1 Å². The average Bonchev–Trinajstić information content (AvgIpc) is 2.53. The number of carbonyl (C=O) groups is 1. The third-order valence-corrected chi connectivity index (χ3v) is 3.74. The molecule has 0 saturated carbocycles. The summed E-state index contributed by atoms with van der Waals surface area (Å²) >= 11 is 0. The number of hydrogen-bond acceptors (Lipinski definition) is 2. The standard InChI is InChI=1S/C19H30O2.Na.H/c1-2-3-4-5-6-7-8-9-10-14-17-21-19(20)18-15-12-11-13-16-18;;/h11-13,15-16H,2-10,14,17H2,1H3;;. The summed E-state index contributed by atoms with van der Waals surface area (Å²) in [5, 5.41) is 0. The van der Waals surface area contributed by atoms with Crippen LogP contribution in [0, 0.1) is 0 Å². The second kappa shape index (κ2) is 15.6. The first-order valence-corrected chi connectivity index (χ1v) is 8.56. The zero-order valence-electron chi connectivity index (χ0n) is 13.5. The van der Waals surface area contributed by atoms with Gasteiger partial charge in [-0.2, -0.15) is 0 Å². The van der Waals surface area contributed by atoms with Gasteiger partial charge in [0.2, 0.25) is 0 Å². The third kappa shape index (κ3) is 11.3. The van der Waals surface area contributed by atoms with E-state index in [1.165, 1.54) is 51.4 Å². The number of ether oxygens (including phenoxy) is 1. The molecule has 0 N–H and O–H groups in total. The van der Waals surface area contributed by atoms with Crippen LogP contribution < -0.4 is 0 Å². The second-order valence-electron chi connectivity index (χ2n) is 5.68. The van der Waals surface area contributed by atoms with Gasteiger partial charge in [-0.3, -0.25) is 0 Å². The molecular formula is C19H31NaO2. The first kappa shape index (κ1) is 21.7. The fourth-order valence-electron chi connectivity index (χ4n) is 2.41. The Kier molecular flexibility index (Phi) is 15.4. The second-order valence-corrected chi connectivity index (χ2v) is 5.68. The Morgan fingerprint density at radius 1 is 0.818 bits per heavy atom. The summed E-state index contributed by atoms with van der Waals surface area (Å²) in [6.07, 6.45) is 12.9. The molecule has 0 unspecified atom stereocenters. The van der Waals surface area contributed by atoms with Gasteiger partial charge >= 0.3 is 35.5 Å². The SMILES string of the molecule is CCCCCCCCCCCCOC(=O)c1ccccc1.[NaH]. The van der Waals surface area contributed by atoms with Gasteiger partial charge in [0.25, 0.3) is 0 Å². The summed E-state index contributed by atoms with van der Waals surface area (Å²) in [4.78, 5) is 11.7. The molecular weight excluding hydrogens is 283 g/mol. The Balaban J connectivity index is 0.00000441. The predicted octanol–water partition coefficient (Wildman–Crippen LogP) is 5.12. The molecule has 2 nitrogen and oxygen atoms in total. The zero-order chi connectivity index (χ0) is 15.2. The molecule has 1 aromatic rings. The molecule has 3 heteroatoms. The molecule has 0 spiro atoms. The molecule has 1 rings (SSSR count). The molecule has 0 aliphatic carbocycles. The molecule has 0 aliphatic rings. The molecule has 0 heterocycles. The van der Waals surface area contributed by atoms with Gasteiger partial charge in [0.05, 0.1) is 12.2 Å². The Labute approximate surface area is 158 Å². The van der Waals surface area contributed by atoms with Gasteiger partial charge in [-0.05, 0) is 18.6 Å². The van der Waals surface area contributed by atoms with Crippen LogP contribution in [0.2, 0.25) is 0 Å². The van der Waals surface area contributed by atoms with Crippen LogP contribution in [0.5, 0.6) is 0 Å².